The van der Waals surface area contributed by atoms with E-state index in [4.69, 9.17) is 18.9 Å². The topological polar surface area (TPSA) is 66.0 Å². The number of ether oxygens (including phenoxy) is 4. The number of methoxy groups -OCH3 is 3. The summed E-state index contributed by atoms with van der Waals surface area (Å²) in [5.41, 5.74) is 2.06. The zero-order chi connectivity index (χ0) is 22.1. The third kappa shape index (κ3) is 6.17. The summed E-state index contributed by atoms with van der Waals surface area (Å²) in [6.07, 6.45) is 3.12. The van der Waals surface area contributed by atoms with Gasteiger partial charge in [-0.25, -0.2) is 0 Å². The van der Waals surface area contributed by atoms with Gasteiger partial charge in [0.05, 0.1) is 27.9 Å². The van der Waals surface area contributed by atoms with Crippen LogP contribution in [0.5, 0.6) is 23.0 Å². The zero-order valence-electron chi connectivity index (χ0n) is 18.6. The van der Waals surface area contributed by atoms with Crippen LogP contribution in [-0.4, -0.2) is 40.4 Å². The van der Waals surface area contributed by atoms with Gasteiger partial charge < -0.3 is 24.3 Å². The van der Waals surface area contributed by atoms with E-state index in [1.807, 2.05) is 12.1 Å². The minimum absolute atomic E-state index is 0.107. The Hall–Kier alpha value is -3.15. The number of hydrogen-bond donors (Lipinski definition) is 1. The van der Waals surface area contributed by atoms with Gasteiger partial charge in [0.25, 0.3) is 0 Å². The molecule has 0 fully saturated rings. The summed E-state index contributed by atoms with van der Waals surface area (Å²) in [5.74, 6) is 2.10. The van der Waals surface area contributed by atoms with Crippen molar-refractivity contribution in [3.8, 4) is 23.0 Å². The number of hydrogen-bond acceptors (Lipinski definition) is 5. The van der Waals surface area contributed by atoms with Gasteiger partial charge in [0.1, 0.15) is 12.4 Å². The van der Waals surface area contributed by atoms with E-state index in [1.54, 1.807) is 32.4 Å². The Morgan fingerprint density at radius 1 is 0.933 bits per heavy atom. The molecular formula is C24H31NO5. The molecule has 0 spiro atoms. The molecule has 2 rings (SSSR count). The third-order valence-corrected chi connectivity index (χ3v) is 4.54. The molecule has 1 N–H and O–H groups in total. The van der Waals surface area contributed by atoms with Crippen LogP contribution in [-0.2, 0) is 10.2 Å². The van der Waals surface area contributed by atoms with E-state index < -0.39 is 0 Å². The van der Waals surface area contributed by atoms with Crippen molar-refractivity contribution in [2.24, 2.45) is 0 Å². The number of nitrogens with one attached hydrogen (secondary N) is 1. The summed E-state index contributed by atoms with van der Waals surface area (Å²) in [4.78, 5) is 12.1. The quantitative estimate of drug-likeness (QED) is 0.493. The van der Waals surface area contributed by atoms with Crippen molar-refractivity contribution in [2.45, 2.75) is 26.2 Å². The van der Waals surface area contributed by atoms with Gasteiger partial charge in [-0.15, -0.1) is 0 Å². The molecule has 2 aromatic rings. The molecule has 30 heavy (non-hydrogen) atoms. The highest BCUT2D eigenvalue weighted by Crippen LogP contribution is 2.40. The molecule has 0 saturated heterocycles. The van der Waals surface area contributed by atoms with E-state index in [9.17, 15) is 4.79 Å². The molecule has 0 aliphatic heterocycles. The van der Waals surface area contributed by atoms with Crippen molar-refractivity contribution in [3.05, 3.63) is 53.6 Å². The lowest BCUT2D eigenvalue weighted by molar-refractivity contribution is -0.116. The van der Waals surface area contributed by atoms with E-state index in [-0.39, 0.29) is 11.3 Å². The first kappa shape index (κ1) is 23.1. The lowest BCUT2D eigenvalue weighted by Gasteiger charge is -2.19. The van der Waals surface area contributed by atoms with Crippen LogP contribution < -0.4 is 24.3 Å². The molecule has 0 radical (unpaired) electrons. The van der Waals surface area contributed by atoms with Crippen molar-refractivity contribution < 1.29 is 23.7 Å². The van der Waals surface area contributed by atoms with E-state index in [1.165, 1.54) is 18.7 Å². The Kier molecular flexibility index (Phi) is 8.16. The monoisotopic (exact) mass is 413 g/mol. The normalized spacial score (nSPS) is 11.3. The van der Waals surface area contributed by atoms with E-state index in [2.05, 4.69) is 38.2 Å². The molecule has 0 atom stereocenters. The second-order valence-electron chi connectivity index (χ2n) is 7.67. The number of carbonyl (C=O) groups excluding carboxylic acids is 1. The summed E-state index contributed by atoms with van der Waals surface area (Å²) >= 11 is 0. The van der Waals surface area contributed by atoms with Gasteiger partial charge in [0, 0.05) is 11.6 Å². The Balaban J connectivity index is 1.87. The first-order valence-electron chi connectivity index (χ1n) is 9.78. The average Bonchev–Trinajstić information content (AvgIpc) is 2.74. The molecule has 1 amide bonds. The minimum Gasteiger partial charge on any atom is -0.493 e. The van der Waals surface area contributed by atoms with Crippen molar-refractivity contribution >= 4 is 12.0 Å². The fourth-order valence-electron chi connectivity index (χ4n) is 2.87. The summed E-state index contributed by atoms with van der Waals surface area (Å²) in [6.45, 7) is 7.29. The molecule has 162 valence electrons. The number of carbonyl (C=O) groups is 1. The Morgan fingerprint density at radius 2 is 1.60 bits per heavy atom. The maximum Gasteiger partial charge on any atom is 0.244 e. The lowest BCUT2D eigenvalue weighted by Crippen LogP contribution is -2.26. The molecule has 0 aromatic heterocycles. The van der Waals surface area contributed by atoms with Crippen LogP contribution in [0, 0.1) is 0 Å². The number of amides is 1. The van der Waals surface area contributed by atoms with Crippen LogP contribution in [0.4, 0.5) is 0 Å². The second-order valence-corrected chi connectivity index (χ2v) is 7.67. The molecular weight excluding hydrogens is 382 g/mol. The van der Waals surface area contributed by atoms with Crippen molar-refractivity contribution in [3.63, 3.8) is 0 Å². The average molecular weight is 414 g/mol. The SMILES string of the molecule is COc1ccc(/C=C/C(=O)NCCOc2ccc(C(C)(C)C)cc2)c(OC)c1OC. The lowest BCUT2D eigenvalue weighted by atomic mass is 9.87. The molecule has 0 aliphatic carbocycles. The first-order chi connectivity index (χ1) is 14.3. The molecule has 0 saturated carbocycles. The van der Waals surface area contributed by atoms with Crippen LogP contribution in [0.1, 0.15) is 31.9 Å². The molecule has 0 bridgehead atoms. The fourth-order valence-corrected chi connectivity index (χ4v) is 2.87. The Labute approximate surface area is 178 Å². The van der Waals surface area contributed by atoms with E-state index >= 15 is 0 Å². The van der Waals surface area contributed by atoms with Crippen molar-refractivity contribution in [1.82, 2.24) is 5.32 Å². The standard InChI is InChI=1S/C24H31NO5/c1-24(2,3)18-9-11-19(12-10-18)30-16-15-25-21(26)14-8-17-7-13-20(27-4)23(29-6)22(17)28-5/h7-14H,15-16H2,1-6H3,(H,25,26)/b14-8+. The maximum atomic E-state index is 12.1. The molecule has 0 unspecified atom stereocenters. The number of benzene rings is 2. The smallest absolute Gasteiger partial charge is 0.244 e. The van der Waals surface area contributed by atoms with Gasteiger partial charge in [0.15, 0.2) is 11.5 Å². The zero-order valence-corrected chi connectivity index (χ0v) is 18.6. The highest BCUT2D eigenvalue weighted by atomic mass is 16.5. The number of rotatable bonds is 9. The van der Waals surface area contributed by atoms with Gasteiger partial charge >= 0.3 is 0 Å². The van der Waals surface area contributed by atoms with Crippen LogP contribution in [0.15, 0.2) is 42.5 Å². The molecule has 6 nitrogen and oxygen atoms in total. The largest absolute Gasteiger partial charge is 0.493 e. The van der Waals surface area contributed by atoms with Crippen molar-refractivity contribution in [1.29, 1.82) is 0 Å². The molecule has 0 aliphatic rings. The van der Waals surface area contributed by atoms with Gasteiger partial charge in [-0.3, -0.25) is 4.79 Å². The van der Waals surface area contributed by atoms with Crippen LogP contribution in [0.3, 0.4) is 0 Å². The summed E-state index contributed by atoms with van der Waals surface area (Å²) in [6, 6.07) is 11.6. The molecule has 0 heterocycles. The fraction of sp³-hybridized carbons (Fsp3) is 0.375. The summed E-state index contributed by atoms with van der Waals surface area (Å²) in [7, 11) is 4.64. The van der Waals surface area contributed by atoms with Gasteiger partial charge in [0.2, 0.25) is 11.7 Å². The van der Waals surface area contributed by atoms with Crippen LogP contribution in [0.25, 0.3) is 6.08 Å². The van der Waals surface area contributed by atoms with E-state index in [0.29, 0.717) is 36.0 Å². The third-order valence-electron chi connectivity index (χ3n) is 4.54. The first-order valence-corrected chi connectivity index (χ1v) is 9.78. The van der Waals surface area contributed by atoms with Crippen LogP contribution in [0.2, 0.25) is 0 Å². The van der Waals surface area contributed by atoms with Crippen LogP contribution >= 0.6 is 0 Å². The van der Waals surface area contributed by atoms with E-state index in [0.717, 1.165) is 5.75 Å². The maximum absolute atomic E-state index is 12.1. The highest BCUT2D eigenvalue weighted by molar-refractivity contribution is 5.92. The molecule has 6 heteroatoms. The predicted molar refractivity (Wildman–Crippen MR) is 119 cm³/mol. The van der Waals surface area contributed by atoms with Gasteiger partial charge in [-0.05, 0) is 41.3 Å². The second kappa shape index (κ2) is 10.6. The molecule has 2 aromatic carbocycles. The van der Waals surface area contributed by atoms with Gasteiger partial charge in [-0.2, -0.15) is 0 Å². The minimum atomic E-state index is -0.224. The summed E-state index contributed by atoms with van der Waals surface area (Å²) in [5, 5.41) is 2.80. The summed E-state index contributed by atoms with van der Waals surface area (Å²) < 4.78 is 21.7. The predicted octanol–water partition coefficient (Wildman–Crippen LogP) is 4.22. The van der Waals surface area contributed by atoms with Gasteiger partial charge in [-0.1, -0.05) is 32.9 Å². The Bertz CT molecular complexity index is 866. The highest BCUT2D eigenvalue weighted by Gasteiger charge is 2.14. The van der Waals surface area contributed by atoms with Crippen molar-refractivity contribution in [2.75, 3.05) is 34.5 Å². The Morgan fingerprint density at radius 3 is 2.17 bits per heavy atom.